The number of ether oxygens (including phenoxy) is 1. The molecule has 0 aliphatic carbocycles. The van der Waals surface area contributed by atoms with Gasteiger partial charge in [0, 0.05) is 19.0 Å². The number of carbonyl (C=O) groups is 2. The Bertz CT molecular complexity index is 1420. The lowest BCUT2D eigenvalue weighted by Gasteiger charge is -2.34. The van der Waals surface area contributed by atoms with E-state index in [2.05, 4.69) is 5.32 Å². The minimum absolute atomic E-state index is 0.136. The number of amides is 2. The summed E-state index contributed by atoms with van der Waals surface area (Å²) < 4.78 is 32.6. The van der Waals surface area contributed by atoms with Crippen LogP contribution < -0.4 is 14.4 Å². The smallest absolute Gasteiger partial charge is 0.244 e. The van der Waals surface area contributed by atoms with Crippen molar-refractivity contribution in [3.05, 3.63) is 95.1 Å². The highest BCUT2D eigenvalue weighted by Gasteiger charge is 2.34. The van der Waals surface area contributed by atoms with Crippen molar-refractivity contribution in [2.75, 3.05) is 24.2 Å². The molecule has 0 saturated carbocycles. The molecular weight excluding hydrogens is 526 g/mol. The maximum absolute atomic E-state index is 14.2. The number of rotatable bonds is 12. The van der Waals surface area contributed by atoms with Gasteiger partial charge in [-0.3, -0.25) is 13.9 Å². The third-order valence-electron chi connectivity index (χ3n) is 6.59. The molecule has 214 valence electrons. The Labute approximate surface area is 238 Å². The van der Waals surface area contributed by atoms with E-state index in [1.165, 1.54) is 12.0 Å². The number of nitrogens with zero attached hydrogens (tertiary/aromatic N) is 2. The van der Waals surface area contributed by atoms with Gasteiger partial charge >= 0.3 is 0 Å². The van der Waals surface area contributed by atoms with E-state index in [1.807, 2.05) is 82.3 Å². The van der Waals surface area contributed by atoms with E-state index in [9.17, 15) is 18.0 Å². The van der Waals surface area contributed by atoms with Crippen molar-refractivity contribution in [3.63, 3.8) is 0 Å². The number of benzene rings is 3. The summed E-state index contributed by atoms with van der Waals surface area (Å²) in [5.74, 6) is -0.482. The van der Waals surface area contributed by atoms with Crippen LogP contribution in [0, 0.1) is 13.8 Å². The number of nitrogens with one attached hydrogen (secondary N) is 1. The number of anilines is 1. The number of aryl methyl sites for hydroxylation is 2. The van der Waals surface area contributed by atoms with Crippen molar-refractivity contribution in [2.24, 2.45) is 0 Å². The first-order chi connectivity index (χ1) is 18.9. The fourth-order valence-electron chi connectivity index (χ4n) is 4.50. The van der Waals surface area contributed by atoms with Crippen molar-refractivity contribution in [1.82, 2.24) is 10.2 Å². The molecule has 1 N–H and O–H groups in total. The summed E-state index contributed by atoms with van der Waals surface area (Å²) >= 11 is 0. The molecule has 0 bridgehead atoms. The van der Waals surface area contributed by atoms with Crippen molar-refractivity contribution in [2.45, 2.75) is 52.7 Å². The van der Waals surface area contributed by atoms with Crippen molar-refractivity contribution < 1.29 is 22.7 Å². The van der Waals surface area contributed by atoms with Crippen molar-refractivity contribution >= 4 is 27.5 Å². The number of hydrogen-bond donors (Lipinski definition) is 1. The molecule has 3 aromatic carbocycles. The molecule has 9 heteroatoms. The van der Waals surface area contributed by atoms with Gasteiger partial charge in [-0.05, 0) is 62.1 Å². The van der Waals surface area contributed by atoms with Gasteiger partial charge in [0.1, 0.15) is 18.3 Å². The molecule has 0 aromatic heterocycles. The van der Waals surface area contributed by atoms with Crippen LogP contribution in [-0.2, 0) is 32.6 Å². The van der Waals surface area contributed by atoms with Gasteiger partial charge in [-0.25, -0.2) is 8.42 Å². The fraction of sp³-hybridized carbons (Fsp3) is 0.355. The molecule has 0 aliphatic heterocycles. The van der Waals surface area contributed by atoms with Gasteiger partial charge in [-0.15, -0.1) is 0 Å². The van der Waals surface area contributed by atoms with E-state index in [0.29, 0.717) is 5.75 Å². The lowest BCUT2D eigenvalue weighted by Crippen LogP contribution is -2.54. The molecule has 3 rings (SSSR count). The van der Waals surface area contributed by atoms with Crippen LogP contribution >= 0.6 is 0 Å². The summed E-state index contributed by atoms with van der Waals surface area (Å²) in [6, 6.07) is 21.3. The second-order valence-corrected chi connectivity index (χ2v) is 12.2. The molecule has 40 heavy (non-hydrogen) atoms. The molecule has 1 atom stereocenters. The van der Waals surface area contributed by atoms with Crippen LogP contribution in [0.15, 0.2) is 72.8 Å². The number of sulfonamides is 1. The van der Waals surface area contributed by atoms with Gasteiger partial charge in [0.05, 0.1) is 19.1 Å². The topological polar surface area (TPSA) is 96.0 Å². The van der Waals surface area contributed by atoms with Gasteiger partial charge in [0.15, 0.2) is 0 Å². The Morgan fingerprint density at radius 3 is 2.20 bits per heavy atom. The second-order valence-electron chi connectivity index (χ2n) is 10.3. The lowest BCUT2D eigenvalue weighted by atomic mass is 10.0. The SMILES string of the molecule is COc1ccc(C)cc1N(CC(=O)N(Cc1ccccc1C)[C@H](Cc1ccccc1)C(=O)NC(C)C)S(C)(=O)=O. The Morgan fingerprint density at radius 1 is 0.950 bits per heavy atom. The van der Waals surface area contributed by atoms with Gasteiger partial charge < -0.3 is 15.0 Å². The third-order valence-corrected chi connectivity index (χ3v) is 7.71. The molecule has 8 nitrogen and oxygen atoms in total. The molecule has 0 spiro atoms. The molecular formula is C31H39N3O5S. The third kappa shape index (κ3) is 8.08. The molecule has 0 radical (unpaired) electrons. The largest absolute Gasteiger partial charge is 0.495 e. The molecule has 0 saturated heterocycles. The van der Waals surface area contributed by atoms with Crippen LogP contribution in [0.1, 0.15) is 36.1 Å². The van der Waals surface area contributed by atoms with E-state index in [0.717, 1.165) is 32.8 Å². The van der Waals surface area contributed by atoms with Gasteiger partial charge in [-0.1, -0.05) is 60.7 Å². The Balaban J connectivity index is 2.11. The van der Waals surface area contributed by atoms with Crippen molar-refractivity contribution in [1.29, 1.82) is 0 Å². The Hall–Kier alpha value is -3.85. The average molecular weight is 566 g/mol. The average Bonchev–Trinajstić information content (AvgIpc) is 2.89. The zero-order valence-electron chi connectivity index (χ0n) is 24.0. The number of carbonyl (C=O) groups excluding carboxylic acids is 2. The molecule has 2 amide bonds. The van der Waals surface area contributed by atoms with E-state index in [4.69, 9.17) is 4.74 Å². The minimum Gasteiger partial charge on any atom is -0.495 e. The highest BCUT2D eigenvalue weighted by atomic mass is 32.2. The molecule has 0 unspecified atom stereocenters. The Kier molecular flexibility index (Phi) is 10.3. The quantitative estimate of drug-likeness (QED) is 0.354. The lowest BCUT2D eigenvalue weighted by molar-refractivity contribution is -0.140. The van der Waals surface area contributed by atoms with E-state index >= 15 is 0 Å². The zero-order valence-corrected chi connectivity index (χ0v) is 24.9. The summed E-state index contributed by atoms with van der Waals surface area (Å²) in [4.78, 5) is 29.3. The standard InChI is InChI=1S/C31H39N3O5S/c1-22(2)32-31(36)28(19-25-13-8-7-9-14-25)33(20-26-15-11-10-12-24(26)4)30(35)21-34(40(6,37)38)27-18-23(3)16-17-29(27)39-5/h7-18,22,28H,19-21H2,1-6H3,(H,32,36)/t28-/m1/s1. The predicted molar refractivity (Wildman–Crippen MR) is 159 cm³/mol. The monoisotopic (exact) mass is 565 g/mol. The number of hydrogen-bond acceptors (Lipinski definition) is 5. The molecule has 0 aliphatic rings. The van der Waals surface area contributed by atoms with E-state index in [1.54, 1.807) is 18.2 Å². The van der Waals surface area contributed by atoms with Crippen LogP contribution in [0.4, 0.5) is 5.69 Å². The zero-order chi connectivity index (χ0) is 29.4. The maximum Gasteiger partial charge on any atom is 0.244 e. The van der Waals surface area contributed by atoms with Crippen LogP contribution in [-0.4, -0.2) is 57.1 Å². The molecule has 3 aromatic rings. The van der Waals surface area contributed by atoms with E-state index < -0.39 is 28.5 Å². The maximum atomic E-state index is 14.2. The van der Waals surface area contributed by atoms with Gasteiger partial charge in [0.2, 0.25) is 21.8 Å². The number of methoxy groups -OCH3 is 1. The van der Waals surface area contributed by atoms with Gasteiger partial charge in [-0.2, -0.15) is 0 Å². The van der Waals surface area contributed by atoms with Crippen LogP contribution in [0.2, 0.25) is 0 Å². The summed E-state index contributed by atoms with van der Waals surface area (Å²) in [7, 11) is -2.44. The second kappa shape index (κ2) is 13.5. The van der Waals surface area contributed by atoms with Crippen LogP contribution in [0.25, 0.3) is 0 Å². The van der Waals surface area contributed by atoms with Crippen LogP contribution in [0.3, 0.4) is 0 Å². The first-order valence-electron chi connectivity index (χ1n) is 13.2. The summed E-state index contributed by atoms with van der Waals surface area (Å²) in [6.45, 7) is 7.14. The predicted octanol–water partition coefficient (Wildman–Crippen LogP) is 4.24. The van der Waals surface area contributed by atoms with Crippen LogP contribution in [0.5, 0.6) is 5.75 Å². The summed E-state index contributed by atoms with van der Waals surface area (Å²) in [5, 5.41) is 2.96. The minimum atomic E-state index is -3.90. The van der Waals surface area contributed by atoms with Crippen molar-refractivity contribution in [3.8, 4) is 5.75 Å². The summed E-state index contributed by atoms with van der Waals surface area (Å²) in [5.41, 5.74) is 3.79. The fourth-order valence-corrected chi connectivity index (χ4v) is 5.34. The summed E-state index contributed by atoms with van der Waals surface area (Å²) in [6.07, 6.45) is 1.32. The molecule has 0 heterocycles. The molecule has 0 fully saturated rings. The highest BCUT2D eigenvalue weighted by Crippen LogP contribution is 2.31. The first-order valence-corrected chi connectivity index (χ1v) is 15.1. The van der Waals surface area contributed by atoms with Gasteiger partial charge in [0.25, 0.3) is 0 Å². The Morgan fingerprint density at radius 2 is 1.60 bits per heavy atom. The first kappa shape index (κ1) is 30.7. The highest BCUT2D eigenvalue weighted by molar-refractivity contribution is 7.92. The van der Waals surface area contributed by atoms with E-state index in [-0.39, 0.29) is 30.6 Å². The normalized spacial score (nSPS) is 12.1.